The second-order valence-corrected chi connectivity index (χ2v) is 6.44. The first-order valence-corrected chi connectivity index (χ1v) is 8.75. The van der Waals surface area contributed by atoms with E-state index in [2.05, 4.69) is 15.9 Å². The van der Waals surface area contributed by atoms with Gasteiger partial charge in [-0.1, -0.05) is 76.6 Å². The molecule has 3 aromatic carbocycles. The summed E-state index contributed by atoms with van der Waals surface area (Å²) in [5.74, 6) is 0.712. The van der Waals surface area contributed by atoms with Gasteiger partial charge in [-0.2, -0.15) is 0 Å². The lowest BCUT2D eigenvalue weighted by atomic mass is 10.1. The Bertz CT molecular complexity index is 885. The Morgan fingerprint density at radius 2 is 1.68 bits per heavy atom. The monoisotopic (exact) mass is 392 g/mol. The van der Waals surface area contributed by atoms with Crippen LogP contribution in [0.2, 0.25) is 0 Å². The number of halogens is 1. The van der Waals surface area contributed by atoms with Crippen molar-refractivity contribution in [1.82, 2.24) is 0 Å². The molecule has 0 aliphatic carbocycles. The first kappa shape index (κ1) is 17.2. The highest BCUT2D eigenvalue weighted by atomic mass is 79.9. The summed E-state index contributed by atoms with van der Waals surface area (Å²) in [7, 11) is 0. The van der Waals surface area contributed by atoms with Crippen molar-refractivity contribution >= 4 is 27.8 Å². The average Bonchev–Trinajstić information content (AvgIpc) is 2.66. The number of para-hydroxylation sites is 1. The van der Waals surface area contributed by atoms with Crippen LogP contribution in [0, 0.1) is 0 Å². The standard InChI is InChI=1S/C22H17BrO2/c23-20-11-6-10-19(15-20)21(24)14-13-18-9-4-5-12-22(18)25-16-17-7-2-1-3-8-17/h1-15H,16H2. The summed E-state index contributed by atoms with van der Waals surface area (Å²) >= 11 is 3.38. The molecule has 3 heteroatoms. The predicted molar refractivity (Wildman–Crippen MR) is 105 cm³/mol. The molecule has 3 aromatic rings. The largest absolute Gasteiger partial charge is 0.488 e. The fraction of sp³-hybridized carbons (Fsp3) is 0.0455. The third-order valence-corrected chi connectivity index (χ3v) is 4.17. The van der Waals surface area contributed by atoms with E-state index in [0.717, 1.165) is 21.3 Å². The molecule has 124 valence electrons. The van der Waals surface area contributed by atoms with Crippen LogP contribution in [-0.4, -0.2) is 5.78 Å². The number of benzene rings is 3. The topological polar surface area (TPSA) is 26.3 Å². The molecule has 0 aliphatic rings. The molecule has 0 fully saturated rings. The van der Waals surface area contributed by atoms with Gasteiger partial charge < -0.3 is 4.74 Å². The molecule has 0 N–H and O–H groups in total. The molecule has 0 aromatic heterocycles. The van der Waals surface area contributed by atoms with E-state index >= 15 is 0 Å². The molecule has 0 radical (unpaired) electrons. The highest BCUT2D eigenvalue weighted by Crippen LogP contribution is 2.21. The van der Waals surface area contributed by atoms with Crippen LogP contribution in [0.25, 0.3) is 6.08 Å². The van der Waals surface area contributed by atoms with Gasteiger partial charge in [0, 0.05) is 15.6 Å². The van der Waals surface area contributed by atoms with Crippen LogP contribution in [0.4, 0.5) is 0 Å². The number of ether oxygens (including phenoxy) is 1. The Kier molecular flexibility index (Phi) is 5.81. The van der Waals surface area contributed by atoms with Crippen molar-refractivity contribution in [2.75, 3.05) is 0 Å². The van der Waals surface area contributed by atoms with E-state index in [4.69, 9.17) is 4.74 Å². The minimum absolute atomic E-state index is 0.0424. The van der Waals surface area contributed by atoms with E-state index in [1.807, 2.05) is 72.8 Å². The van der Waals surface area contributed by atoms with Crippen molar-refractivity contribution in [2.45, 2.75) is 6.61 Å². The van der Waals surface area contributed by atoms with Crippen molar-refractivity contribution in [3.05, 3.63) is 106 Å². The summed E-state index contributed by atoms with van der Waals surface area (Å²) in [6.45, 7) is 0.491. The summed E-state index contributed by atoms with van der Waals surface area (Å²) in [5, 5.41) is 0. The van der Waals surface area contributed by atoms with E-state index in [0.29, 0.717) is 12.2 Å². The zero-order valence-electron chi connectivity index (χ0n) is 13.6. The third kappa shape index (κ3) is 4.91. The zero-order chi connectivity index (χ0) is 17.5. The zero-order valence-corrected chi connectivity index (χ0v) is 15.1. The molecule has 0 saturated heterocycles. The first-order chi connectivity index (χ1) is 12.2. The summed E-state index contributed by atoms with van der Waals surface area (Å²) in [5.41, 5.74) is 2.63. The summed E-state index contributed by atoms with van der Waals surface area (Å²) in [6.07, 6.45) is 3.37. The van der Waals surface area contributed by atoms with Crippen LogP contribution in [-0.2, 0) is 6.61 Å². The highest BCUT2D eigenvalue weighted by molar-refractivity contribution is 9.10. The predicted octanol–water partition coefficient (Wildman–Crippen LogP) is 5.92. The molecule has 3 rings (SSSR count). The maximum Gasteiger partial charge on any atom is 0.185 e. The van der Waals surface area contributed by atoms with Gasteiger partial charge in [0.2, 0.25) is 0 Å². The Balaban J connectivity index is 1.73. The van der Waals surface area contributed by atoms with Gasteiger partial charge in [0.25, 0.3) is 0 Å². The Labute approximate surface area is 155 Å². The van der Waals surface area contributed by atoms with Gasteiger partial charge >= 0.3 is 0 Å². The molecule has 2 nitrogen and oxygen atoms in total. The number of rotatable bonds is 6. The Morgan fingerprint density at radius 3 is 2.48 bits per heavy atom. The highest BCUT2D eigenvalue weighted by Gasteiger charge is 2.04. The van der Waals surface area contributed by atoms with Crippen molar-refractivity contribution < 1.29 is 9.53 Å². The first-order valence-electron chi connectivity index (χ1n) is 7.96. The molecule has 0 aliphatic heterocycles. The number of ketones is 1. The van der Waals surface area contributed by atoms with Crippen LogP contribution in [0.15, 0.2) is 89.4 Å². The fourth-order valence-corrected chi connectivity index (χ4v) is 2.79. The van der Waals surface area contributed by atoms with E-state index in [9.17, 15) is 4.79 Å². The minimum Gasteiger partial charge on any atom is -0.488 e. The summed E-state index contributed by atoms with van der Waals surface area (Å²) < 4.78 is 6.80. The average molecular weight is 393 g/mol. The van der Waals surface area contributed by atoms with Gasteiger partial charge in [-0.15, -0.1) is 0 Å². The Morgan fingerprint density at radius 1 is 0.920 bits per heavy atom. The molecular weight excluding hydrogens is 376 g/mol. The fourth-order valence-electron chi connectivity index (χ4n) is 2.39. The molecular formula is C22H17BrO2. The van der Waals surface area contributed by atoms with E-state index in [1.165, 1.54) is 0 Å². The number of allylic oxidation sites excluding steroid dienone is 1. The number of hydrogen-bond acceptors (Lipinski definition) is 2. The molecule has 0 atom stereocenters. The van der Waals surface area contributed by atoms with Gasteiger partial charge in [0.15, 0.2) is 5.78 Å². The summed E-state index contributed by atoms with van der Waals surface area (Å²) in [4.78, 5) is 12.3. The third-order valence-electron chi connectivity index (χ3n) is 3.68. The molecule has 0 unspecified atom stereocenters. The maximum atomic E-state index is 12.3. The molecule has 0 saturated carbocycles. The van der Waals surface area contributed by atoms with E-state index in [1.54, 1.807) is 18.2 Å². The molecule has 0 bridgehead atoms. The van der Waals surface area contributed by atoms with E-state index in [-0.39, 0.29) is 5.78 Å². The van der Waals surface area contributed by atoms with Crippen molar-refractivity contribution in [3.8, 4) is 5.75 Å². The molecule has 0 spiro atoms. The maximum absolute atomic E-state index is 12.3. The quantitative estimate of drug-likeness (QED) is 0.384. The van der Waals surface area contributed by atoms with E-state index < -0.39 is 0 Å². The molecule has 0 amide bonds. The second-order valence-electron chi connectivity index (χ2n) is 5.52. The summed E-state index contributed by atoms with van der Waals surface area (Å²) in [6, 6.07) is 25.1. The molecule has 0 heterocycles. The lowest BCUT2D eigenvalue weighted by molar-refractivity contribution is 0.104. The van der Waals surface area contributed by atoms with Crippen molar-refractivity contribution in [3.63, 3.8) is 0 Å². The van der Waals surface area contributed by atoms with Crippen LogP contribution < -0.4 is 4.74 Å². The van der Waals surface area contributed by atoms with Crippen molar-refractivity contribution in [2.24, 2.45) is 0 Å². The SMILES string of the molecule is O=C(C=Cc1ccccc1OCc1ccccc1)c1cccc(Br)c1. The minimum atomic E-state index is -0.0424. The van der Waals surface area contributed by atoms with Crippen LogP contribution in [0.1, 0.15) is 21.5 Å². The van der Waals surface area contributed by atoms with Gasteiger partial charge in [-0.3, -0.25) is 4.79 Å². The second kappa shape index (κ2) is 8.45. The van der Waals surface area contributed by atoms with Crippen LogP contribution in [0.3, 0.4) is 0 Å². The Hall–Kier alpha value is -2.65. The normalized spacial score (nSPS) is 10.8. The van der Waals surface area contributed by atoms with Gasteiger partial charge in [0.1, 0.15) is 12.4 Å². The number of carbonyl (C=O) groups excluding carboxylic acids is 1. The van der Waals surface area contributed by atoms with Gasteiger partial charge in [-0.25, -0.2) is 0 Å². The lowest BCUT2D eigenvalue weighted by Gasteiger charge is -2.09. The smallest absolute Gasteiger partial charge is 0.185 e. The van der Waals surface area contributed by atoms with Gasteiger partial charge in [-0.05, 0) is 35.9 Å². The number of hydrogen-bond donors (Lipinski definition) is 0. The van der Waals surface area contributed by atoms with Crippen molar-refractivity contribution in [1.29, 1.82) is 0 Å². The van der Waals surface area contributed by atoms with Crippen LogP contribution >= 0.6 is 15.9 Å². The lowest BCUT2D eigenvalue weighted by Crippen LogP contribution is -1.97. The van der Waals surface area contributed by atoms with Crippen LogP contribution in [0.5, 0.6) is 5.75 Å². The molecule has 25 heavy (non-hydrogen) atoms. The van der Waals surface area contributed by atoms with Gasteiger partial charge in [0.05, 0.1) is 0 Å². The number of carbonyl (C=O) groups is 1.